The van der Waals surface area contributed by atoms with Crippen LogP contribution in [-0.4, -0.2) is 30.4 Å². The smallest absolute Gasteiger partial charge is 0.236 e. The molecule has 0 bridgehead atoms. The van der Waals surface area contributed by atoms with Crippen LogP contribution in [-0.2, 0) is 4.79 Å². The number of rotatable bonds is 4. The molecule has 104 valence electrons. The second-order valence-corrected chi connectivity index (χ2v) is 5.47. The first-order chi connectivity index (χ1) is 9.18. The number of halogens is 1. The number of carbonyl (C=O) groups is 1. The maximum atomic E-state index is 12.0. The molecule has 1 aliphatic rings. The number of carbonyl (C=O) groups excluding carboxylic acids is 1. The first kappa shape index (κ1) is 14.4. The predicted molar refractivity (Wildman–Crippen MR) is 78.3 cm³/mol. The molecule has 0 unspecified atom stereocenters. The van der Waals surface area contributed by atoms with E-state index in [0.717, 1.165) is 36.5 Å². The third kappa shape index (κ3) is 3.95. The summed E-state index contributed by atoms with van der Waals surface area (Å²) >= 11 is 6.15. The van der Waals surface area contributed by atoms with Gasteiger partial charge < -0.3 is 10.2 Å². The van der Waals surface area contributed by atoms with Crippen molar-refractivity contribution >= 4 is 17.5 Å². The second kappa shape index (κ2) is 6.92. The van der Waals surface area contributed by atoms with E-state index in [1.54, 1.807) is 0 Å². The van der Waals surface area contributed by atoms with E-state index in [2.05, 4.69) is 5.32 Å². The van der Waals surface area contributed by atoms with Crippen molar-refractivity contribution in [2.75, 3.05) is 19.6 Å². The SMILES string of the molecule is C[C@H](NCC(=O)N1CCCCC1)c1ccccc1Cl. The Kier molecular flexibility index (Phi) is 5.23. The minimum Gasteiger partial charge on any atom is -0.342 e. The topological polar surface area (TPSA) is 32.3 Å². The Balaban J connectivity index is 1.84. The van der Waals surface area contributed by atoms with Gasteiger partial charge in [-0.1, -0.05) is 29.8 Å². The van der Waals surface area contributed by atoms with E-state index >= 15 is 0 Å². The molecule has 0 spiro atoms. The van der Waals surface area contributed by atoms with Crippen LogP contribution >= 0.6 is 11.6 Å². The van der Waals surface area contributed by atoms with E-state index in [9.17, 15) is 4.79 Å². The molecule has 0 radical (unpaired) electrons. The molecule has 0 aliphatic carbocycles. The summed E-state index contributed by atoms with van der Waals surface area (Å²) in [6.07, 6.45) is 3.50. The van der Waals surface area contributed by atoms with Gasteiger partial charge in [0.25, 0.3) is 0 Å². The molecule has 0 aromatic heterocycles. The summed E-state index contributed by atoms with van der Waals surface area (Å²) in [6, 6.07) is 7.83. The molecule has 1 fully saturated rings. The number of nitrogens with one attached hydrogen (secondary N) is 1. The lowest BCUT2D eigenvalue weighted by atomic mass is 10.1. The Bertz CT molecular complexity index is 430. The van der Waals surface area contributed by atoms with Gasteiger partial charge in [-0.15, -0.1) is 0 Å². The summed E-state index contributed by atoms with van der Waals surface area (Å²) in [5, 5.41) is 4.00. The van der Waals surface area contributed by atoms with Gasteiger partial charge in [0.1, 0.15) is 0 Å². The van der Waals surface area contributed by atoms with Crippen LogP contribution in [0.25, 0.3) is 0 Å². The van der Waals surface area contributed by atoms with Gasteiger partial charge in [0.2, 0.25) is 5.91 Å². The molecule has 19 heavy (non-hydrogen) atoms. The molecule has 2 rings (SSSR count). The van der Waals surface area contributed by atoms with Crippen molar-refractivity contribution in [2.45, 2.75) is 32.2 Å². The zero-order valence-corrected chi connectivity index (χ0v) is 12.1. The molecular formula is C15H21ClN2O. The number of piperidine rings is 1. The fraction of sp³-hybridized carbons (Fsp3) is 0.533. The van der Waals surface area contributed by atoms with E-state index in [-0.39, 0.29) is 11.9 Å². The van der Waals surface area contributed by atoms with Gasteiger partial charge >= 0.3 is 0 Å². The zero-order valence-electron chi connectivity index (χ0n) is 11.4. The molecule has 1 aromatic rings. The summed E-state index contributed by atoms with van der Waals surface area (Å²) in [4.78, 5) is 14.0. The number of benzene rings is 1. The number of amides is 1. The van der Waals surface area contributed by atoms with Crippen molar-refractivity contribution in [3.8, 4) is 0 Å². The standard InChI is InChI=1S/C15H21ClN2O/c1-12(13-7-3-4-8-14(13)16)17-11-15(19)18-9-5-2-6-10-18/h3-4,7-8,12,17H,2,5-6,9-11H2,1H3/t12-/m0/s1. The Hall–Kier alpha value is -1.06. The number of hydrogen-bond acceptors (Lipinski definition) is 2. The van der Waals surface area contributed by atoms with Gasteiger partial charge in [0, 0.05) is 24.2 Å². The highest BCUT2D eigenvalue weighted by Crippen LogP contribution is 2.21. The lowest BCUT2D eigenvalue weighted by Gasteiger charge is -2.27. The molecule has 1 aromatic carbocycles. The Morgan fingerprint density at radius 2 is 2.00 bits per heavy atom. The molecule has 3 nitrogen and oxygen atoms in total. The second-order valence-electron chi connectivity index (χ2n) is 5.07. The highest BCUT2D eigenvalue weighted by Gasteiger charge is 2.17. The van der Waals surface area contributed by atoms with Crippen LogP contribution in [0.4, 0.5) is 0 Å². The summed E-state index contributed by atoms with van der Waals surface area (Å²) in [5.41, 5.74) is 1.04. The van der Waals surface area contributed by atoms with E-state index in [1.807, 2.05) is 36.1 Å². The van der Waals surface area contributed by atoms with Crippen molar-refractivity contribution in [3.05, 3.63) is 34.9 Å². The minimum atomic E-state index is 0.0856. The quantitative estimate of drug-likeness (QED) is 0.920. The average Bonchev–Trinajstić information content (AvgIpc) is 2.46. The van der Waals surface area contributed by atoms with Crippen LogP contribution in [0.2, 0.25) is 5.02 Å². The summed E-state index contributed by atoms with van der Waals surface area (Å²) in [7, 11) is 0. The van der Waals surface area contributed by atoms with Crippen molar-refractivity contribution in [1.29, 1.82) is 0 Å². The van der Waals surface area contributed by atoms with Gasteiger partial charge in [0.15, 0.2) is 0 Å². The fourth-order valence-corrected chi connectivity index (χ4v) is 2.73. The van der Waals surface area contributed by atoms with Gasteiger partial charge in [-0.05, 0) is 37.8 Å². The fourth-order valence-electron chi connectivity index (χ4n) is 2.43. The highest BCUT2D eigenvalue weighted by molar-refractivity contribution is 6.31. The minimum absolute atomic E-state index is 0.0856. The monoisotopic (exact) mass is 280 g/mol. The molecule has 1 saturated heterocycles. The maximum absolute atomic E-state index is 12.0. The van der Waals surface area contributed by atoms with Gasteiger partial charge in [-0.3, -0.25) is 4.79 Å². The van der Waals surface area contributed by atoms with Crippen molar-refractivity contribution < 1.29 is 4.79 Å². The molecule has 1 amide bonds. The number of likely N-dealkylation sites (tertiary alicyclic amines) is 1. The third-order valence-electron chi connectivity index (χ3n) is 3.64. The largest absolute Gasteiger partial charge is 0.342 e. The third-order valence-corrected chi connectivity index (χ3v) is 3.98. The molecule has 1 N–H and O–H groups in total. The Morgan fingerprint density at radius 3 is 2.68 bits per heavy atom. The van der Waals surface area contributed by atoms with E-state index < -0.39 is 0 Å². The lowest BCUT2D eigenvalue weighted by molar-refractivity contribution is -0.131. The van der Waals surface area contributed by atoms with Crippen LogP contribution < -0.4 is 5.32 Å². The Labute approximate surface area is 119 Å². The Morgan fingerprint density at radius 1 is 1.32 bits per heavy atom. The van der Waals surface area contributed by atoms with Crippen LogP contribution in [0.3, 0.4) is 0 Å². The highest BCUT2D eigenvalue weighted by atomic mass is 35.5. The molecular weight excluding hydrogens is 260 g/mol. The number of hydrogen-bond donors (Lipinski definition) is 1. The predicted octanol–water partition coefficient (Wildman–Crippen LogP) is 3.00. The molecule has 4 heteroatoms. The summed E-state index contributed by atoms with van der Waals surface area (Å²) < 4.78 is 0. The molecule has 1 aliphatic heterocycles. The normalized spacial score (nSPS) is 17.3. The lowest BCUT2D eigenvalue weighted by Crippen LogP contribution is -2.41. The van der Waals surface area contributed by atoms with E-state index in [1.165, 1.54) is 6.42 Å². The maximum Gasteiger partial charge on any atom is 0.236 e. The summed E-state index contributed by atoms with van der Waals surface area (Å²) in [5.74, 6) is 0.193. The van der Waals surface area contributed by atoms with Crippen LogP contribution in [0.5, 0.6) is 0 Å². The zero-order chi connectivity index (χ0) is 13.7. The van der Waals surface area contributed by atoms with Gasteiger partial charge in [0.05, 0.1) is 6.54 Å². The first-order valence-corrected chi connectivity index (χ1v) is 7.32. The van der Waals surface area contributed by atoms with Crippen molar-refractivity contribution in [3.63, 3.8) is 0 Å². The average molecular weight is 281 g/mol. The van der Waals surface area contributed by atoms with Crippen LogP contribution in [0.1, 0.15) is 37.8 Å². The first-order valence-electron chi connectivity index (χ1n) is 6.94. The van der Waals surface area contributed by atoms with Crippen LogP contribution in [0, 0.1) is 0 Å². The molecule has 1 atom stereocenters. The van der Waals surface area contributed by atoms with Gasteiger partial charge in [-0.25, -0.2) is 0 Å². The summed E-state index contributed by atoms with van der Waals surface area (Å²) in [6.45, 7) is 4.22. The van der Waals surface area contributed by atoms with Crippen molar-refractivity contribution in [1.82, 2.24) is 10.2 Å². The van der Waals surface area contributed by atoms with Crippen LogP contribution in [0.15, 0.2) is 24.3 Å². The number of nitrogens with zero attached hydrogens (tertiary/aromatic N) is 1. The molecule has 1 heterocycles. The van der Waals surface area contributed by atoms with Gasteiger partial charge in [-0.2, -0.15) is 0 Å². The van der Waals surface area contributed by atoms with E-state index in [4.69, 9.17) is 11.6 Å². The van der Waals surface area contributed by atoms with Crippen molar-refractivity contribution in [2.24, 2.45) is 0 Å². The van der Waals surface area contributed by atoms with E-state index in [0.29, 0.717) is 6.54 Å². The molecule has 0 saturated carbocycles.